The highest BCUT2D eigenvalue weighted by molar-refractivity contribution is 5.77. The van der Waals surface area contributed by atoms with Crippen LogP contribution in [0.5, 0.6) is 0 Å². The number of hydrogen-bond donors (Lipinski definition) is 1. The topological polar surface area (TPSA) is 32.3 Å². The molecule has 0 spiro atoms. The van der Waals surface area contributed by atoms with Crippen LogP contribution in [0.25, 0.3) is 0 Å². The van der Waals surface area contributed by atoms with Gasteiger partial charge in [0.15, 0.2) is 0 Å². The molecule has 0 aromatic heterocycles. The molecule has 2 rings (SSSR count). The Morgan fingerprint density at radius 1 is 1.53 bits per heavy atom. The molecule has 1 aromatic rings. The fourth-order valence-electron chi connectivity index (χ4n) is 2.53. The van der Waals surface area contributed by atoms with Gasteiger partial charge in [0.05, 0.1) is 6.54 Å². The first kappa shape index (κ1) is 12.1. The molecule has 1 atom stereocenters. The highest BCUT2D eigenvalue weighted by Crippen LogP contribution is 2.31. The summed E-state index contributed by atoms with van der Waals surface area (Å²) in [4.78, 5) is 13.7. The van der Waals surface area contributed by atoms with Crippen molar-refractivity contribution < 1.29 is 4.79 Å². The van der Waals surface area contributed by atoms with Crippen molar-refractivity contribution in [3.05, 3.63) is 35.4 Å². The van der Waals surface area contributed by atoms with Crippen LogP contribution in [0.2, 0.25) is 0 Å². The average molecular weight is 232 g/mol. The molecule has 1 N–H and O–H groups in total. The predicted molar refractivity (Wildman–Crippen MR) is 68.8 cm³/mol. The first-order chi connectivity index (χ1) is 8.20. The minimum Gasteiger partial charge on any atom is -0.358 e. The number of aryl methyl sites for hydroxylation is 1. The van der Waals surface area contributed by atoms with E-state index in [0.29, 0.717) is 12.6 Å². The molecule has 1 heterocycles. The van der Waals surface area contributed by atoms with Gasteiger partial charge in [-0.3, -0.25) is 9.69 Å². The molecule has 1 amide bonds. The summed E-state index contributed by atoms with van der Waals surface area (Å²) in [6, 6.07) is 9.02. The van der Waals surface area contributed by atoms with Gasteiger partial charge in [0, 0.05) is 13.1 Å². The smallest absolute Gasteiger partial charge is 0.233 e. The normalized spacial score (nSPS) is 20.5. The summed E-state index contributed by atoms with van der Waals surface area (Å²) < 4.78 is 0. The third-order valence-corrected chi connectivity index (χ3v) is 3.42. The van der Waals surface area contributed by atoms with Crippen LogP contribution < -0.4 is 5.32 Å². The molecule has 3 nitrogen and oxygen atoms in total. The summed E-state index contributed by atoms with van der Waals surface area (Å²) in [6.07, 6.45) is 2.33. The molecule has 0 bridgehead atoms. The van der Waals surface area contributed by atoms with Gasteiger partial charge in [0.1, 0.15) is 0 Å². The van der Waals surface area contributed by atoms with Gasteiger partial charge in [-0.25, -0.2) is 0 Å². The number of benzene rings is 1. The van der Waals surface area contributed by atoms with Gasteiger partial charge in [-0.1, -0.05) is 29.8 Å². The first-order valence-electron chi connectivity index (χ1n) is 6.22. The molecule has 1 saturated heterocycles. The first-order valence-corrected chi connectivity index (χ1v) is 6.22. The van der Waals surface area contributed by atoms with Gasteiger partial charge in [0.25, 0.3) is 0 Å². The van der Waals surface area contributed by atoms with Crippen LogP contribution in [0, 0.1) is 6.92 Å². The summed E-state index contributed by atoms with van der Waals surface area (Å²) >= 11 is 0. The van der Waals surface area contributed by atoms with Crippen LogP contribution in [-0.2, 0) is 4.79 Å². The van der Waals surface area contributed by atoms with E-state index in [1.807, 2.05) is 0 Å². The number of nitrogens with zero attached hydrogens (tertiary/aromatic N) is 1. The molecule has 1 aliphatic rings. The molecule has 0 aliphatic carbocycles. The summed E-state index contributed by atoms with van der Waals surface area (Å²) in [7, 11) is 1.69. The number of carbonyl (C=O) groups excluding carboxylic acids is 1. The summed E-state index contributed by atoms with van der Waals surface area (Å²) in [6.45, 7) is 3.64. The summed E-state index contributed by atoms with van der Waals surface area (Å²) in [5.74, 6) is 0.101. The Kier molecular flexibility index (Phi) is 3.79. The lowest BCUT2D eigenvalue weighted by Crippen LogP contribution is -2.35. The molecule has 1 unspecified atom stereocenters. The predicted octanol–water partition coefficient (Wildman–Crippen LogP) is 1.88. The number of likely N-dealkylation sites (N-methyl/N-ethyl adjacent to an activating group) is 1. The minimum absolute atomic E-state index is 0.101. The molecule has 17 heavy (non-hydrogen) atoms. The molecule has 92 valence electrons. The number of carbonyl (C=O) groups is 1. The highest BCUT2D eigenvalue weighted by atomic mass is 16.1. The van der Waals surface area contributed by atoms with Crippen molar-refractivity contribution in [1.29, 1.82) is 0 Å². The van der Waals surface area contributed by atoms with Gasteiger partial charge in [-0.05, 0) is 31.9 Å². The molecule has 3 heteroatoms. The van der Waals surface area contributed by atoms with E-state index in [1.165, 1.54) is 17.5 Å². The van der Waals surface area contributed by atoms with Gasteiger partial charge in [-0.15, -0.1) is 0 Å². The molecule has 1 fully saturated rings. The van der Waals surface area contributed by atoms with Crippen LogP contribution >= 0.6 is 0 Å². The van der Waals surface area contributed by atoms with Crippen molar-refractivity contribution in [1.82, 2.24) is 10.2 Å². The number of amides is 1. The Morgan fingerprint density at radius 2 is 2.35 bits per heavy atom. The third kappa shape index (κ3) is 2.86. The lowest BCUT2D eigenvalue weighted by molar-refractivity contribution is -0.122. The highest BCUT2D eigenvalue weighted by Gasteiger charge is 2.27. The van der Waals surface area contributed by atoms with Crippen LogP contribution in [0.1, 0.15) is 30.0 Å². The van der Waals surface area contributed by atoms with E-state index in [4.69, 9.17) is 0 Å². The number of hydrogen-bond acceptors (Lipinski definition) is 2. The fourth-order valence-corrected chi connectivity index (χ4v) is 2.53. The van der Waals surface area contributed by atoms with Crippen LogP contribution in [0.15, 0.2) is 24.3 Å². The maximum atomic E-state index is 11.5. The van der Waals surface area contributed by atoms with E-state index in [-0.39, 0.29) is 5.91 Å². The van der Waals surface area contributed by atoms with E-state index in [9.17, 15) is 4.79 Å². The van der Waals surface area contributed by atoms with Gasteiger partial charge >= 0.3 is 0 Å². The molecule has 0 saturated carbocycles. The van der Waals surface area contributed by atoms with Crippen molar-refractivity contribution in [2.75, 3.05) is 20.1 Å². The van der Waals surface area contributed by atoms with E-state index in [1.54, 1.807) is 7.05 Å². The zero-order valence-corrected chi connectivity index (χ0v) is 10.6. The molecule has 0 radical (unpaired) electrons. The minimum atomic E-state index is 0.101. The maximum absolute atomic E-state index is 11.5. The molecular weight excluding hydrogens is 212 g/mol. The zero-order valence-electron chi connectivity index (χ0n) is 10.6. The van der Waals surface area contributed by atoms with Crippen molar-refractivity contribution in [3.8, 4) is 0 Å². The van der Waals surface area contributed by atoms with E-state index in [0.717, 1.165) is 13.0 Å². The summed E-state index contributed by atoms with van der Waals surface area (Å²) in [5, 5.41) is 2.69. The largest absolute Gasteiger partial charge is 0.358 e. The Balaban J connectivity index is 2.11. The second kappa shape index (κ2) is 5.32. The second-order valence-corrected chi connectivity index (χ2v) is 4.72. The Morgan fingerprint density at radius 3 is 3.06 bits per heavy atom. The summed E-state index contributed by atoms with van der Waals surface area (Å²) in [5.41, 5.74) is 2.63. The quantitative estimate of drug-likeness (QED) is 0.863. The number of likely N-dealkylation sites (tertiary alicyclic amines) is 1. The Labute approximate surface area is 103 Å². The second-order valence-electron chi connectivity index (χ2n) is 4.72. The third-order valence-electron chi connectivity index (χ3n) is 3.42. The van der Waals surface area contributed by atoms with E-state index in [2.05, 4.69) is 41.4 Å². The number of nitrogens with one attached hydrogen (secondary N) is 1. The fraction of sp³-hybridized carbons (Fsp3) is 0.500. The SMILES string of the molecule is CNC(=O)CN1CCCC1c1cccc(C)c1. The van der Waals surface area contributed by atoms with Crippen LogP contribution in [0.4, 0.5) is 0 Å². The van der Waals surface area contributed by atoms with Crippen LogP contribution in [-0.4, -0.2) is 30.9 Å². The van der Waals surface area contributed by atoms with Crippen molar-refractivity contribution >= 4 is 5.91 Å². The lowest BCUT2D eigenvalue weighted by atomic mass is 10.0. The number of rotatable bonds is 3. The van der Waals surface area contributed by atoms with Crippen molar-refractivity contribution in [2.45, 2.75) is 25.8 Å². The molecule has 1 aromatic carbocycles. The van der Waals surface area contributed by atoms with Crippen molar-refractivity contribution in [2.24, 2.45) is 0 Å². The van der Waals surface area contributed by atoms with E-state index < -0.39 is 0 Å². The standard InChI is InChI=1S/C14H20N2O/c1-11-5-3-6-12(9-11)13-7-4-8-16(13)10-14(17)15-2/h3,5-6,9,13H,4,7-8,10H2,1-2H3,(H,15,17). The Hall–Kier alpha value is -1.35. The van der Waals surface area contributed by atoms with Crippen LogP contribution in [0.3, 0.4) is 0 Å². The average Bonchev–Trinajstić information content (AvgIpc) is 2.77. The van der Waals surface area contributed by atoms with Gasteiger partial charge in [-0.2, -0.15) is 0 Å². The van der Waals surface area contributed by atoms with Gasteiger partial charge in [0.2, 0.25) is 5.91 Å². The maximum Gasteiger partial charge on any atom is 0.233 e. The Bertz CT molecular complexity index is 403. The lowest BCUT2D eigenvalue weighted by Gasteiger charge is -2.24. The molecular formula is C14H20N2O. The van der Waals surface area contributed by atoms with E-state index >= 15 is 0 Å². The van der Waals surface area contributed by atoms with Crippen molar-refractivity contribution in [3.63, 3.8) is 0 Å². The monoisotopic (exact) mass is 232 g/mol. The zero-order chi connectivity index (χ0) is 12.3. The van der Waals surface area contributed by atoms with Gasteiger partial charge < -0.3 is 5.32 Å². The molecule has 1 aliphatic heterocycles.